The van der Waals surface area contributed by atoms with Gasteiger partial charge in [-0.25, -0.2) is 4.90 Å². The molecule has 0 saturated heterocycles. The third-order valence-electron chi connectivity index (χ3n) is 3.47. The molecule has 0 spiro atoms. The number of nitrogens with one attached hydrogen (secondary N) is 1. The molecule has 148 valence electrons. The van der Waals surface area contributed by atoms with E-state index in [4.69, 9.17) is 14.3 Å². The van der Waals surface area contributed by atoms with Crippen molar-refractivity contribution in [3.05, 3.63) is 27.7 Å². The molecule has 0 unspecified atom stereocenters. The zero-order valence-electron chi connectivity index (χ0n) is 14.7. The van der Waals surface area contributed by atoms with Crippen LogP contribution >= 0.6 is 39.6 Å². The number of carbonyl (C=O) groups is 1. The highest BCUT2D eigenvalue weighted by molar-refractivity contribution is 9.10. The Hall–Kier alpha value is -1.83. The number of hydrogen-bond acceptors (Lipinski definition) is 9. The van der Waals surface area contributed by atoms with Crippen LogP contribution in [0.1, 0.15) is 5.56 Å². The van der Waals surface area contributed by atoms with Crippen LogP contribution < -0.4 is 8.92 Å². The minimum atomic E-state index is -3.76. The molecule has 28 heavy (non-hydrogen) atoms. The van der Waals surface area contributed by atoms with E-state index in [0.717, 1.165) is 18.2 Å². The number of benzene rings is 1. The first-order chi connectivity index (χ1) is 13.1. The number of amidine groups is 3. The molecule has 0 aliphatic carbocycles. The Bertz CT molecular complexity index is 1080. The second-order valence-corrected chi connectivity index (χ2v) is 9.37. The first-order valence-electron chi connectivity index (χ1n) is 7.44. The molecule has 9 nitrogen and oxygen atoms in total. The van der Waals surface area contributed by atoms with E-state index in [1.807, 2.05) is 6.26 Å². The molecule has 1 amide bonds. The molecule has 0 saturated carbocycles. The summed E-state index contributed by atoms with van der Waals surface area (Å²) in [5.41, 5.74) is 0.560. The van der Waals surface area contributed by atoms with E-state index in [9.17, 15) is 13.2 Å². The highest BCUT2D eigenvalue weighted by atomic mass is 79.9. The van der Waals surface area contributed by atoms with Crippen LogP contribution in [0.15, 0.2) is 31.6 Å². The summed E-state index contributed by atoms with van der Waals surface area (Å²) >= 11 is 5.64. The van der Waals surface area contributed by atoms with E-state index < -0.39 is 16.0 Å². The molecular weight excluding hydrogens is 492 g/mol. The van der Waals surface area contributed by atoms with Gasteiger partial charge in [0.25, 0.3) is 5.91 Å². The van der Waals surface area contributed by atoms with Crippen molar-refractivity contribution in [3.8, 4) is 11.5 Å². The van der Waals surface area contributed by atoms with Crippen LogP contribution in [0.4, 0.5) is 0 Å². The lowest BCUT2D eigenvalue weighted by Gasteiger charge is -2.23. The number of ether oxygens (including phenoxy) is 1. The van der Waals surface area contributed by atoms with Gasteiger partial charge < -0.3 is 8.92 Å². The Morgan fingerprint density at radius 3 is 2.71 bits per heavy atom. The van der Waals surface area contributed by atoms with Crippen LogP contribution in [-0.2, 0) is 14.9 Å². The maximum atomic E-state index is 12.4. The molecule has 0 aromatic heterocycles. The summed E-state index contributed by atoms with van der Waals surface area (Å²) in [6.45, 7) is 0. The number of methoxy groups -OCH3 is 1. The van der Waals surface area contributed by atoms with Crippen molar-refractivity contribution in [1.29, 1.82) is 5.41 Å². The third-order valence-corrected chi connectivity index (χ3v) is 5.99. The summed E-state index contributed by atoms with van der Waals surface area (Å²) in [6, 6.07) is 3.05. The summed E-state index contributed by atoms with van der Waals surface area (Å²) in [4.78, 5) is 17.9. The van der Waals surface area contributed by atoms with E-state index in [0.29, 0.717) is 20.4 Å². The Morgan fingerprint density at radius 2 is 2.11 bits per heavy atom. The largest absolute Gasteiger partial charge is 0.493 e. The zero-order valence-corrected chi connectivity index (χ0v) is 18.8. The molecular formula is C15H13BrN4O5S3. The number of fused-ring (bicyclic) bond motifs is 1. The van der Waals surface area contributed by atoms with Crippen molar-refractivity contribution in [2.75, 3.05) is 19.6 Å². The van der Waals surface area contributed by atoms with Gasteiger partial charge in [-0.05, 0) is 46.0 Å². The zero-order chi connectivity index (χ0) is 20.6. The quantitative estimate of drug-likeness (QED) is 0.377. The summed E-state index contributed by atoms with van der Waals surface area (Å²) < 4.78 is 37.6. The van der Waals surface area contributed by atoms with E-state index in [-0.39, 0.29) is 22.9 Å². The summed E-state index contributed by atoms with van der Waals surface area (Å²) in [5.74, 6) is -0.466. The number of halogens is 1. The molecule has 3 rings (SSSR count). The lowest BCUT2D eigenvalue weighted by molar-refractivity contribution is -0.114. The van der Waals surface area contributed by atoms with E-state index >= 15 is 0 Å². The maximum Gasteiger partial charge on any atom is 0.306 e. The fourth-order valence-corrected chi connectivity index (χ4v) is 4.93. The number of nitrogens with zero attached hydrogens (tertiary/aromatic N) is 3. The number of rotatable bonds is 4. The highest BCUT2D eigenvalue weighted by Gasteiger charge is 2.37. The molecule has 1 aromatic carbocycles. The molecule has 1 aromatic rings. The van der Waals surface area contributed by atoms with Gasteiger partial charge in [-0.1, -0.05) is 11.8 Å². The minimum Gasteiger partial charge on any atom is -0.493 e. The number of hydrogen-bond donors (Lipinski definition) is 1. The predicted molar refractivity (Wildman–Crippen MR) is 115 cm³/mol. The van der Waals surface area contributed by atoms with Crippen molar-refractivity contribution in [3.63, 3.8) is 0 Å². The number of amides is 1. The van der Waals surface area contributed by atoms with Gasteiger partial charge in [0, 0.05) is 0 Å². The third kappa shape index (κ3) is 4.11. The van der Waals surface area contributed by atoms with Crippen molar-refractivity contribution in [2.24, 2.45) is 9.39 Å². The second-order valence-electron chi connectivity index (χ2n) is 5.43. The predicted octanol–water partition coefficient (Wildman–Crippen LogP) is 2.74. The van der Waals surface area contributed by atoms with Crippen molar-refractivity contribution >= 4 is 77.9 Å². The Labute approximate surface area is 178 Å². The number of aliphatic imine (C=N–C) groups is 1. The van der Waals surface area contributed by atoms with Crippen LogP contribution in [0.5, 0.6) is 11.5 Å². The average Bonchev–Trinajstić information content (AvgIpc) is 3.02. The first kappa shape index (κ1) is 20.9. The molecule has 0 radical (unpaired) electrons. The molecule has 0 bridgehead atoms. The lowest BCUT2D eigenvalue weighted by atomic mass is 10.1. The molecule has 0 fully saturated rings. The van der Waals surface area contributed by atoms with Gasteiger partial charge in [-0.15, -0.1) is 0 Å². The van der Waals surface area contributed by atoms with Gasteiger partial charge in [0.05, 0.1) is 35.4 Å². The summed E-state index contributed by atoms with van der Waals surface area (Å²) in [5, 5.41) is 9.30. The fraction of sp³-hybridized carbons (Fsp3) is 0.200. The smallest absolute Gasteiger partial charge is 0.306 e. The van der Waals surface area contributed by atoms with Gasteiger partial charge in [0.15, 0.2) is 16.7 Å². The molecule has 2 heterocycles. The molecule has 1 N–H and O–H groups in total. The Kier molecular flexibility index (Phi) is 5.89. The van der Waals surface area contributed by atoms with E-state index in [1.165, 1.54) is 35.9 Å². The van der Waals surface area contributed by atoms with Crippen LogP contribution in [0.3, 0.4) is 0 Å². The van der Waals surface area contributed by atoms with Crippen LogP contribution in [-0.4, -0.2) is 55.0 Å². The molecule has 2 aliphatic heterocycles. The summed E-state index contributed by atoms with van der Waals surface area (Å²) in [6.07, 6.45) is 4.21. The van der Waals surface area contributed by atoms with Crippen molar-refractivity contribution in [2.45, 2.75) is 0 Å². The van der Waals surface area contributed by atoms with Gasteiger partial charge in [-0.2, -0.15) is 17.8 Å². The van der Waals surface area contributed by atoms with Gasteiger partial charge in [0.2, 0.25) is 5.17 Å². The fourth-order valence-electron chi connectivity index (χ4n) is 2.35. The van der Waals surface area contributed by atoms with E-state index in [2.05, 4.69) is 25.3 Å². The van der Waals surface area contributed by atoms with Crippen molar-refractivity contribution in [1.82, 2.24) is 4.90 Å². The summed E-state index contributed by atoms with van der Waals surface area (Å²) in [7, 11) is -2.40. The SMILES string of the molecule is COc1cc(/C=C2/C(=N)N3C(SC)=NSC3=NC2=O)cc(Br)c1OS(C)(=O)=O. The number of carbonyl (C=O) groups excluding carboxylic acids is 1. The maximum absolute atomic E-state index is 12.4. The number of thioether (sulfide) groups is 1. The lowest BCUT2D eigenvalue weighted by Crippen LogP contribution is -2.41. The molecule has 0 atom stereocenters. The minimum absolute atomic E-state index is 0.00903. The van der Waals surface area contributed by atoms with Gasteiger partial charge in [-0.3, -0.25) is 10.2 Å². The topological polar surface area (TPSA) is 121 Å². The van der Waals surface area contributed by atoms with Crippen LogP contribution in [0.25, 0.3) is 6.08 Å². The first-order valence-corrected chi connectivity index (χ1v) is 12.0. The Morgan fingerprint density at radius 1 is 1.39 bits per heavy atom. The monoisotopic (exact) mass is 504 g/mol. The van der Waals surface area contributed by atoms with Crippen molar-refractivity contribution < 1.29 is 22.1 Å². The van der Waals surface area contributed by atoms with Crippen LogP contribution in [0, 0.1) is 5.41 Å². The standard InChI is InChI=1S/C15H13BrN4O5S3/c1-24-10-6-7(5-9(16)11(10)25-28(3,22)23)4-8-12(17)20-14(18-13(8)21)27-19-15(20)26-2/h4-6,17H,1-3H3/b8-4-,17-12?. The average molecular weight is 505 g/mol. The normalized spacial score (nSPS) is 18.1. The highest BCUT2D eigenvalue weighted by Crippen LogP contribution is 2.38. The van der Waals surface area contributed by atoms with Gasteiger partial charge >= 0.3 is 10.1 Å². The molecule has 13 heteroatoms. The molecule has 2 aliphatic rings. The Balaban J connectivity index is 2.04. The van der Waals surface area contributed by atoms with Crippen LogP contribution in [0.2, 0.25) is 0 Å². The van der Waals surface area contributed by atoms with E-state index in [1.54, 1.807) is 6.07 Å². The van der Waals surface area contributed by atoms with Gasteiger partial charge in [0.1, 0.15) is 5.84 Å². The second kappa shape index (κ2) is 7.89.